The Morgan fingerprint density at radius 2 is 2.00 bits per heavy atom. The molecular formula is C22H28N2O4. The summed E-state index contributed by atoms with van der Waals surface area (Å²) < 4.78 is 10.1. The molecule has 1 saturated heterocycles. The van der Waals surface area contributed by atoms with Crippen LogP contribution < -0.4 is 0 Å². The average Bonchev–Trinajstić information content (AvgIpc) is 2.72. The molecule has 2 aliphatic rings. The minimum atomic E-state index is -0.571. The minimum absolute atomic E-state index is 0.298. The Morgan fingerprint density at radius 1 is 1.21 bits per heavy atom. The molecule has 0 N–H and O–H groups in total. The van der Waals surface area contributed by atoms with Crippen molar-refractivity contribution < 1.29 is 19.1 Å². The van der Waals surface area contributed by atoms with Crippen molar-refractivity contribution in [2.24, 2.45) is 17.8 Å². The zero-order valence-corrected chi connectivity index (χ0v) is 16.6. The molecule has 2 fully saturated rings. The maximum atomic E-state index is 12.5. The van der Waals surface area contributed by atoms with E-state index in [-0.39, 0.29) is 5.97 Å². The predicted molar refractivity (Wildman–Crippen MR) is 103 cm³/mol. The zero-order valence-electron chi connectivity index (χ0n) is 16.6. The van der Waals surface area contributed by atoms with Gasteiger partial charge in [-0.05, 0) is 68.4 Å². The molecule has 0 bridgehead atoms. The first kappa shape index (κ1) is 20.2. The molecule has 1 aliphatic heterocycles. The lowest BCUT2D eigenvalue weighted by atomic mass is 9.68. The van der Waals surface area contributed by atoms with Gasteiger partial charge in [-0.15, -0.1) is 0 Å². The summed E-state index contributed by atoms with van der Waals surface area (Å²) in [5.41, 5.74) is 1.84. The van der Waals surface area contributed by atoms with Gasteiger partial charge in [0.25, 0.3) is 0 Å². The monoisotopic (exact) mass is 384 g/mol. The minimum Gasteiger partial charge on any atom is -0.464 e. The van der Waals surface area contributed by atoms with Gasteiger partial charge in [-0.3, -0.25) is 4.90 Å². The van der Waals surface area contributed by atoms with Gasteiger partial charge in [0.15, 0.2) is 0 Å². The number of benzene rings is 1. The van der Waals surface area contributed by atoms with E-state index in [0.29, 0.717) is 37.3 Å². The van der Waals surface area contributed by atoms with E-state index in [2.05, 4.69) is 6.07 Å². The topological polar surface area (TPSA) is 79.6 Å². The van der Waals surface area contributed by atoms with Crippen LogP contribution in [0, 0.1) is 29.1 Å². The number of nitrogens with zero attached hydrogens (tertiary/aromatic N) is 2. The summed E-state index contributed by atoms with van der Waals surface area (Å²) in [7, 11) is 1.35. The molecule has 6 heteroatoms. The molecule has 6 nitrogen and oxygen atoms in total. The van der Waals surface area contributed by atoms with E-state index in [1.54, 1.807) is 11.8 Å². The second-order valence-electron chi connectivity index (χ2n) is 7.80. The van der Waals surface area contributed by atoms with Crippen molar-refractivity contribution in [1.29, 1.82) is 5.26 Å². The number of hydrogen-bond acceptors (Lipinski definition) is 5. The first-order valence-electron chi connectivity index (χ1n) is 10.1. The van der Waals surface area contributed by atoms with Crippen molar-refractivity contribution in [3.63, 3.8) is 0 Å². The van der Waals surface area contributed by atoms with E-state index in [4.69, 9.17) is 9.47 Å². The van der Waals surface area contributed by atoms with Crippen LogP contribution >= 0.6 is 0 Å². The first-order valence-corrected chi connectivity index (χ1v) is 10.1. The molecule has 1 aromatic rings. The number of ether oxygens (including phenoxy) is 2. The summed E-state index contributed by atoms with van der Waals surface area (Å²) in [6.07, 6.45) is 4.15. The second kappa shape index (κ2) is 9.09. The highest BCUT2D eigenvalue weighted by molar-refractivity contribution is 5.81. The Hall–Kier alpha value is -2.55. The fourth-order valence-electron chi connectivity index (χ4n) is 4.83. The maximum Gasteiger partial charge on any atom is 0.410 e. The second-order valence-corrected chi connectivity index (χ2v) is 7.80. The van der Waals surface area contributed by atoms with Crippen molar-refractivity contribution in [3.8, 4) is 6.07 Å². The van der Waals surface area contributed by atoms with E-state index < -0.39 is 12.1 Å². The van der Waals surface area contributed by atoms with Gasteiger partial charge < -0.3 is 9.47 Å². The summed E-state index contributed by atoms with van der Waals surface area (Å²) in [6.45, 7) is 2.61. The molecule has 4 unspecified atom stereocenters. The van der Waals surface area contributed by atoms with Gasteiger partial charge in [-0.1, -0.05) is 18.2 Å². The van der Waals surface area contributed by atoms with Crippen LogP contribution in [-0.2, 0) is 20.7 Å². The standard InChI is InChI=1S/C22H28N2O4/c1-3-28-21(25)20-12-19-11-15(10-16-6-4-5-7-17(16)13-23)8-9-18(19)14-24(20)22(26)27-2/h4-7,15,18-20H,3,8-12,14H2,1-2H3. The molecule has 1 amide bonds. The molecule has 3 rings (SSSR count). The fraction of sp³-hybridized carbons (Fsp3) is 0.591. The van der Waals surface area contributed by atoms with Gasteiger partial charge in [0, 0.05) is 6.54 Å². The Labute approximate surface area is 166 Å². The van der Waals surface area contributed by atoms with Crippen molar-refractivity contribution in [1.82, 2.24) is 4.90 Å². The molecule has 0 aromatic heterocycles. The number of carbonyl (C=O) groups excluding carboxylic acids is 2. The summed E-state index contributed by atoms with van der Waals surface area (Å²) in [6, 6.07) is 9.49. The lowest BCUT2D eigenvalue weighted by Gasteiger charge is -2.46. The normalized spacial score (nSPS) is 26.7. The van der Waals surface area contributed by atoms with Crippen molar-refractivity contribution in [3.05, 3.63) is 35.4 Å². The van der Waals surface area contributed by atoms with Gasteiger partial charge in [0.2, 0.25) is 0 Å². The molecule has 150 valence electrons. The molecule has 0 spiro atoms. The fourth-order valence-corrected chi connectivity index (χ4v) is 4.83. The number of piperidine rings is 1. The summed E-state index contributed by atoms with van der Waals surface area (Å²) in [5.74, 6) is 0.905. The number of amides is 1. The number of methoxy groups -OCH3 is 1. The lowest BCUT2D eigenvalue weighted by Crippen LogP contribution is -2.55. The number of hydrogen-bond donors (Lipinski definition) is 0. The summed E-state index contributed by atoms with van der Waals surface area (Å²) >= 11 is 0. The van der Waals surface area contributed by atoms with E-state index in [1.807, 2.05) is 24.3 Å². The van der Waals surface area contributed by atoms with E-state index in [0.717, 1.165) is 36.8 Å². The largest absolute Gasteiger partial charge is 0.464 e. The van der Waals surface area contributed by atoms with Crippen molar-refractivity contribution in [2.45, 2.75) is 45.1 Å². The number of rotatable bonds is 4. The molecule has 1 saturated carbocycles. The van der Waals surface area contributed by atoms with Crippen LogP contribution in [0.5, 0.6) is 0 Å². The highest BCUT2D eigenvalue weighted by atomic mass is 16.6. The van der Waals surface area contributed by atoms with Crippen molar-refractivity contribution >= 4 is 12.1 Å². The molecule has 1 aliphatic carbocycles. The zero-order chi connectivity index (χ0) is 20.1. The summed E-state index contributed by atoms with van der Waals surface area (Å²) in [5, 5.41) is 9.34. The van der Waals surface area contributed by atoms with E-state index >= 15 is 0 Å². The number of carbonyl (C=O) groups is 2. The summed E-state index contributed by atoms with van der Waals surface area (Å²) in [4.78, 5) is 26.2. The lowest BCUT2D eigenvalue weighted by molar-refractivity contribution is -0.152. The molecule has 28 heavy (non-hydrogen) atoms. The van der Waals surface area contributed by atoms with Gasteiger partial charge in [0.05, 0.1) is 25.3 Å². The molecule has 4 atom stereocenters. The van der Waals surface area contributed by atoms with Crippen LogP contribution in [0.3, 0.4) is 0 Å². The number of fused-ring (bicyclic) bond motifs is 1. The number of nitriles is 1. The first-order chi connectivity index (χ1) is 13.6. The smallest absolute Gasteiger partial charge is 0.410 e. The third kappa shape index (κ3) is 4.30. The number of likely N-dealkylation sites (tertiary alicyclic amines) is 1. The van der Waals surface area contributed by atoms with Crippen LogP contribution in [0.2, 0.25) is 0 Å². The van der Waals surface area contributed by atoms with Gasteiger partial charge >= 0.3 is 12.1 Å². The number of esters is 1. The Bertz CT molecular complexity index is 757. The molecular weight excluding hydrogens is 356 g/mol. The van der Waals surface area contributed by atoms with Gasteiger partial charge in [-0.25, -0.2) is 9.59 Å². The van der Waals surface area contributed by atoms with Crippen LogP contribution in [0.15, 0.2) is 24.3 Å². The average molecular weight is 384 g/mol. The molecule has 1 aromatic carbocycles. The highest BCUT2D eigenvalue weighted by Crippen LogP contribution is 2.42. The quantitative estimate of drug-likeness (QED) is 0.742. The van der Waals surface area contributed by atoms with Crippen LogP contribution in [0.1, 0.15) is 43.7 Å². The Kier molecular flexibility index (Phi) is 6.56. The predicted octanol–water partition coefficient (Wildman–Crippen LogP) is 3.54. The van der Waals surface area contributed by atoms with Crippen molar-refractivity contribution in [2.75, 3.05) is 20.3 Å². The third-order valence-electron chi connectivity index (χ3n) is 6.20. The van der Waals surface area contributed by atoms with Crippen LogP contribution in [0.25, 0.3) is 0 Å². The van der Waals surface area contributed by atoms with Crippen LogP contribution in [-0.4, -0.2) is 43.3 Å². The molecule has 1 heterocycles. The van der Waals surface area contributed by atoms with E-state index in [1.165, 1.54) is 7.11 Å². The maximum absolute atomic E-state index is 12.5. The van der Waals surface area contributed by atoms with Crippen LogP contribution in [0.4, 0.5) is 4.79 Å². The Balaban J connectivity index is 1.71. The SMILES string of the molecule is CCOC(=O)C1CC2CC(Cc3ccccc3C#N)CCC2CN1C(=O)OC. The third-order valence-corrected chi connectivity index (χ3v) is 6.20. The highest BCUT2D eigenvalue weighted by Gasteiger charge is 2.44. The van der Waals surface area contributed by atoms with Gasteiger partial charge in [-0.2, -0.15) is 5.26 Å². The molecule has 0 radical (unpaired) electrons. The van der Waals surface area contributed by atoms with Gasteiger partial charge in [0.1, 0.15) is 6.04 Å². The Morgan fingerprint density at radius 3 is 2.71 bits per heavy atom. The van der Waals surface area contributed by atoms with E-state index in [9.17, 15) is 14.9 Å².